The van der Waals surface area contributed by atoms with Gasteiger partial charge < -0.3 is 9.64 Å². The Morgan fingerprint density at radius 2 is 1.93 bits per heavy atom. The van der Waals surface area contributed by atoms with E-state index in [1.54, 1.807) is 7.05 Å². The lowest BCUT2D eigenvalue weighted by molar-refractivity contribution is -0.153. The van der Waals surface area contributed by atoms with Gasteiger partial charge in [-0.05, 0) is 42.0 Å². The van der Waals surface area contributed by atoms with Crippen molar-refractivity contribution in [3.8, 4) is 5.75 Å². The first-order valence-electron chi connectivity index (χ1n) is 7.88. The molecule has 0 saturated heterocycles. The van der Waals surface area contributed by atoms with Crippen molar-refractivity contribution in [2.45, 2.75) is 17.5 Å². The second-order valence-electron chi connectivity index (χ2n) is 6.07. The molecule has 2 aromatic carbocycles. The van der Waals surface area contributed by atoms with Crippen LogP contribution in [0.2, 0.25) is 5.02 Å². The molecule has 0 fully saturated rings. The standard InChI is InChI=1S/C17H14ClF3N2O4S/c1-23-14-4-3-12(6-10(14)7-16(23)24)28(25,26)22-13-8-11(18)2-5-15(13)27-9-17(19,20)21/h2-6,8,22H,7,9H2,1H3. The molecule has 0 aliphatic carbocycles. The van der Waals surface area contributed by atoms with E-state index in [0.29, 0.717) is 11.3 Å². The van der Waals surface area contributed by atoms with Crippen LogP contribution in [-0.2, 0) is 21.2 Å². The van der Waals surface area contributed by atoms with Gasteiger partial charge in [-0.25, -0.2) is 8.42 Å². The summed E-state index contributed by atoms with van der Waals surface area (Å²) in [7, 11) is -2.58. The molecule has 1 amide bonds. The topological polar surface area (TPSA) is 75.7 Å². The Hall–Kier alpha value is -2.46. The third kappa shape index (κ3) is 4.33. The third-order valence-corrected chi connectivity index (χ3v) is 5.61. The predicted octanol–water partition coefficient (Wildman–Crippen LogP) is 3.60. The van der Waals surface area contributed by atoms with Crippen LogP contribution in [0.1, 0.15) is 5.56 Å². The van der Waals surface area contributed by atoms with Crippen LogP contribution in [0.3, 0.4) is 0 Å². The summed E-state index contributed by atoms with van der Waals surface area (Å²) in [5.41, 5.74) is 0.904. The second kappa shape index (κ2) is 7.17. The van der Waals surface area contributed by atoms with E-state index in [0.717, 1.165) is 12.1 Å². The van der Waals surface area contributed by atoms with Gasteiger partial charge in [-0.1, -0.05) is 11.6 Å². The Kier molecular flexibility index (Phi) is 5.20. The van der Waals surface area contributed by atoms with Gasteiger partial charge in [0, 0.05) is 17.8 Å². The van der Waals surface area contributed by atoms with Gasteiger partial charge in [0.25, 0.3) is 10.0 Å². The number of hydrogen-bond acceptors (Lipinski definition) is 4. The van der Waals surface area contributed by atoms with Crippen molar-refractivity contribution in [3.63, 3.8) is 0 Å². The highest BCUT2D eigenvalue weighted by Gasteiger charge is 2.30. The first-order chi connectivity index (χ1) is 13.0. The van der Waals surface area contributed by atoms with Crippen LogP contribution in [0, 0.1) is 0 Å². The van der Waals surface area contributed by atoms with Gasteiger partial charge in [0.2, 0.25) is 5.91 Å². The van der Waals surface area contributed by atoms with Crippen LogP contribution >= 0.6 is 11.6 Å². The SMILES string of the molecule is CN1C(=O)Cc2cc(S(=O)(=O)Nc3cc(Cl)ccc3OCC(F)(F)F)ccc21. The Labute approximate surface area is 163 Å². The summed E-state index contributed by atoms with van der Waals surface area (Å²) >= 11 is 5.83. The number of nitrogens with one attached hydrogen (secondary N) is 1. The maximum absolute atomic E-state index is 12.7. The Morgan fingerprint density at radius 1 is 1.21 bits per heavy atom. The number of fused-ring (bicyclic) bond motifs is 1. The van der Waals surface area contributed by atoms with E-state index in [-0.39, 0.29) is 33.7 Å². The zero-order valence-corrected chi connectivity index (χ0v) is 16.0. The molecule has 28 heavy (non-hydrogen) atoms. The molecule has 1 aliphatic rings. The summed E-state index contributed by atoms with van der Waals surface area (Å²) in [4.78, 5) is 13.0. The molecule has 6 nitrogen and oxygen atoms in total. The van der Waals surface area contributed by atoms with E-state index in [9.17, 15) is 26.4 Å². The number of alkyl halides is 3. The number of carbonyl (C=O) groups excluding carboxylic acids is 1. The lowest BCUT2D eigenvalue weighted by Crippen LogP contribution is -2.20. The molecule has 3 rings (SSSR count). The fourth-order valence-electron chi connectivity index (χ4n) is 2.68. The minimum Gasteiger partial charge on any atom is -0.482 e. The minimum absolute atomic E-state index is 0.0618. The Balaban J connectivity index is 1.90. The molecule has 150 valence electrons. The molecule has 0 bridgehead atoms. The second-order valence-corrected chi connectivity index (χ2v) is 8.19. The smallest absolute Gasteiger partial charge is 0.422 e. The molecule has 0 atom stereocenters. The van der Waals surface area contributed by atoms with Gasteiger partial charge in [-0.3, -0.25) is 9.52 Å². The van der Waals surface area contributed by atoms with E-state index in [1.807, 2.05) is 0 Å². The Bertz CT molecular complexity index is 1040. The summed E-state index contributed by atoms with van der Waals surface area (Å²) in [6.45, 7) is -1.59. The number of amides is 1. The van der Waals surface area contributed by atoms with Gasteiger partial charge in [0.15, 0.2) is 6.61 Å². The summed E-state index contributed by atoms with van der Waals surface area (Å²) in [6.07, 6.45) is -4.53. The van der Waals surface area contributed by atoms with E-state index in [2.05, 4.69) is 9.46 Å². The number of ether oxygens (including phenoxy) is 1. The van der Waals surface area contributed by atoms with E-state index >= 15 is 0 Å². The van der Waals surface area contributed by atoms with E-state index in [4.69, 9.17) is 11.6 Å². The highest BCUT2D eigenvalue weighted by atomic mass is 35.5. The molecule has 0 aromatic heterocycles. The summed E-state index contributed by atoms with van der Waals surface area (Å²) < 4.78 is 69.5. The average molecular weight is 435 g/mol. The fraction of sp³-hybridized carbons (Fsp3) is 0.235. The van der Waals surface area contributed by atoms with Gasteiger partial charge in [-0.15, -0.1) is 0 Å². The van der Waals surface area contributed by atoms with E-state index in [1.165, 1.54) is 29.2 Å². The number of benzene rings is 2. The molecule has 0 spiro atoms. The molecule has 0 unspecified atom stereocenters. The van der Waals surface area contributed by atoms with Gasteiger partial charge >= 0.3 is 6.18 Å². The van der Waals surface area contributed by atoms with E-state index < -0.39 is 22.8 Å². The van der Waals surface area contributed by atoms with Crippen LogP contribution in [0.5, 0.6) is 5.75 Å². The van der Waals surface area contributed by atoms with Crippen molar-refractivity contribution in [1.82, 2.24) is 0 Å². The molecule has 1 aliphatic heterocycles. The van der Waals surface area contributed by atoms with Gasteiger partial charge in [0.1, 0.15) is 5.75 Å². The number of anilines is 2. The van der Waals surface area contributed by atoms with Crippen molar-refractivity contribution in [1.29, 1.82) is 0 Å². The molecule has 0 saturated carbocycles. The maximum Gasteiger partial charge on any atom is 0.422 e. The van der Waals surface area contributed by atoms with Crippen molar-refractivity contribution >= 4 is 38.9 Å². The normalized spacial score (nSPS) is 14.2. The maximum atomic E-state index is 12.7. The molecular formula is C17H14ClF3N2O4S. The zero-order chi connectivity index (χ0) is 20.7. The highest BCUT2D eigenvalue weighted by molar-refractivity contribution is 7.92. The zero-order valence-electron chi connectivity index (χ0n) is 14.4. The first-order valence-corrected chi connectivity index (χ1v) is 9.74. The molecule has 1 heterocycles. The number of halogens is 4. The number of carbonyl (C=O) groups is 1. The van der Waals surface area contributed by atoms with Crippen LogP contribution in [0.4, 0.5) is 24.5 Å². The quantitative estimate of drug-likeness (QED) is 0.780. The Morgan fingerprint density at radius 3 is 2.61 bits per heavy atom. The molecule has 0 radical (unpaired) electrons. The lowest BCUT2D eigenvalue weighted by Gasteiger charge is -2.16. The van der Waals surface area contributed by atoms with Crippen LogP contribution in [0.15, 0.2) is 41.3 Å². The molecule has 1 N–H and O–H groups in total. The largest absolute Gasteiger partial charge is 0.482 e. The van der Waals surface area contributed by atoms with Crippen molar-refractivity contribution in [2.75, 3.05) is 23.3 Å². The van der Waals surface area contributed by atoms with Gasteiger partial charge in [0.05, 0.1) is 17.0 Å². The molecule has 11 heteroatoms. The number of sulfonamides is 1. The molecular weight excluding hydrogens is 421 g/mol. The summed E-state index contributed by atoms with van der Waals surface area (Å²) in [5, 5.41) is 0.109. The third-order valence-electron chi connectivity index (χ3n) is 4.02. The number of likely N-dealkylation sites (N-methyl/N-ethyl adjacent to an activating group) is 1. The summed E-state index contributed by atoms with van der Waals surface area (Å²) in [6, 6.07) is 7.71. The minimum atomic E-state index is -4.59. The van der Waals surface area contributed by atoms with Crippen LogP contribution in [0.25, 0.3) is 0 Å². The van der Waals surface area contributed by atoms with Crippen molar-refractivity contribution in [2.24, 2.45) is 0 Å². The lowest BCUT2D eigenvalue weighted by atomic mass is 10.2. The monoisotopic (exact) mass is 434 g/mol. The predicted molar refractivity (Wildman–Crippen MR) is 97.4 cm³/mol. The average Bonchev–Trinajstić information content (AvgIpc) is 2.87. The number of nitrogens with zero attached hydrogens (tertiary/aromatic N) is 1. The fourth-order valence-corrected chi connectivity index (χ4v) is 3.97. The van der Waals surface area contributed by atoms with Crippen LogP contribution in [-0.4, -0.2) is 34.2 Å². The number of hydrogen-bond donors (Lipinski definition) is 1. The van der Waals surface area contributed by atoms with Crippen molar-refractivity contribution in [3.05, 3.63) is 47.0 Å². The first kappa shape index (κ1) is 20.3. The molecule has 2 aromatic rings. The summed E-state index contributed by atoms with van der Waals surface area (Å²) in [5.74, 6) is -0.489. The number of rotatable bonds is 5. The highest BCUT2D eigenvalue weighted by Crippen LogP contribution is 2.33. The van der Waals surface area contributed by atoms with Crippen LogP contribution < -0.4 is 14.4 Å². The van der Waals surface area contributed by atoms with Gasteiger partial charge in [-0.2, -0.15) is 13.2 Å². The van der Waals surface area contributed by atoms with Crippen molar-refractivity contribution < 1.29 is 31.1 Å².